The molecular weight excluding hydrogens is 229 g/mol. The standard InChI is InChI=1S/C16H33N.Na.H/c1-2-3-4-5-6-7-8-9-10-11-12-13-14-15-16-17;;/h16-17H,2-15H2,1H3;;/q;+1;-1. The molecule has 0 aliphatic carbocycles. The molecule has 0 saturated carbocycles. The molecule has 0 atom stereocenters. The average molecular weight is 263 g/mol. The van der Waals surface area contributed by atoms with E-state index in [0.29, 0.717) is 0 Å². The molecule has 0 aromatic carbocycles. The number of hydrogen-bond acceptors (Lipinski definition) is 1. The van der Waals surface area contributed by atoms with Crippen LogP contribution in [-0.2, 0) is 0 Å². The molecule has 0 radical (unpaired) electrons. The zero-order valence-corrected chi connectivity index (χ0v) is 15.0. The first kappa shape index (κ1) is 21.0. The fourth-order valence-corrected chi connectivity index (χ4v) is 2.26. The van der Waals surface area contributed by atoms with Gasteiger partial charge in [0, 0.05) is 0 Å². The molecule has 0 aliphatic rings. The Morgan fingerprint density at radius 2 is 1.00 bits per heavy atom. The summed E-state index contributed by atoms with van der Waals surface area (Å²) in [5.41, 5.74) is 0. The molecule has 0 bridgehead atoms. The van der Waals surface area contributed by atoms with Crippen LogP contribution in [0.4, 0.5) is 0 Å². The molecule has 0 aromatic rings. The van der Waals surface area contributed by atoms with Gasteiger partial charge in [-0.05, 0) is 19.1 Å². The molecule has 104 valence electrons. The fourth-order valence-electron chi connectivity index (χ4n) is 2.26. The normalized spacial score (nSPS) is 10.1. The summed E-state index contributed by atoms with van der Waals surface area (Å²) in [6.45, 7) is 2.28. The maximum atomic E-state index is 6.93. The SMILES string of the molecule is CCCCCCCCCCCCCCCC=N.[H-].[Na+]. The molecule has 1 N–H and O–H groups in total. The maximum absolute atomic E-state index is 6.93. The van der Waals surface area contributed by atoms with Crippen molar-refractivity contribution >= 4 is 6.21 Å². The molecule has 0 aromatic heterocycles. The van der Waals surface area contributed by atoms with Crippen LogP contribution in [0.15, 0.2) is 0 Å². The Balaban J connectivity index is -0.00000128. The van der Waals surface area contributed by atoms with Crippen molar-refractivity contribution in [3.63, 3.8) is 0 Å². The molecule has 0 saturated heterocycles. The average Bonchev–Trinajstić information content (AvgIpc) is 2.35. The summed E-state index contributed by atoms with van der Waals surface area (Å²) < 4.78 is 0. The van der Waals surface area contributed by atoms with E-state index in [0.717, 1.165) is 6.42 Å². The van der Waals surface area contributed by atoms with E-state index in [9.17, 15) is 0 Å². The predicted molar refractivity (Wildman–Crippen MR) is 80.2 cm³/mol. The summed E-state index contributed by atoms with van der Waals surface area (Å²) in [4.78, 5) is 0. The van der Waals surface area contributed by atoms with Gasteiger partial charge in [0.05, 0.1) is 0 Å². The maximum Gasteiger partial charge on any atom is 1.00 e. The van der Waals surface area contributed by atoms with Gasteiger partial charge in [-0.1, -0.05) is 84.0 Å². The minimum Gasteiger partial charge on any atom is -1.00 e. The van der Waals surface area contributed by atoms with Crippen LogP contribution in [0.2, 0.25) is 0 Å². The summed E-state index contributed by atoms with van der Waals surface area (Å²) >= 11 is 0. The van der Waals surface area contributed by atoms with Gasteiger partial charge in [-0.2, -0.15) is 0 Å². The Labute approximate surface area is 139 Å². The van der Waals surface area contributed by atoms with Crippen LogP contribution in [0.3, 0.4) is 0 Å². The molecule has 0 fully saturated rings. The Morgan fingerprint density at radius 3 is 1.33 bits per heavy atom. The fraction of sp³-hybridized carbons (Fsp3) is 0.938. The third-order valence-corrected chi connectivity index (χ3v) is 3.45. The van der Waals surface area contributed by atoms with Gasteiger partial charge < -0.3 is 6.84 Å². The van der Waals surface area contributed by atoms with E-state index in [-0.39, 0.29) is 31.0 Å². The molecule has 0 spiro atoms. The Hall–Kier alpha value is 0.670. The summed E-state index contributed by atoms with van der Waals surface area (Å²) in [6, 6.07) is 0. The smallest absolute Gasteiger partial charge is 1.00 e. The molecule has 1 nitrogen and oxygen atoms in total. The van der Waals surface area contributed by atoms with Crippen LogP contribution in [0.25, 0.3) is 0 Å². The van der Waals surface area contributed by atoms with Gasteiger partial charge in [-0.25, -0.2) is 0 Å². The van der Waals surface area contributed by atoms with Crippen LogP contribution in [0.5, 0.6) is 0 Å². The quantitative estimate of drug-likeness (QED) is 0.283. The number of unbranched alkanes of at least 4 members (excludes halogenated alkanes) is 13. The first-order valence-corrected chi connectivity index (χ1v) is 7.90. The van der Waals surface area contributed by atoms with Gasteiger partial charge in [0.1, 0.15) is 0 Å². The number of rotatable bonds is 14. The Kier molecular flexibility index (Phi) is 23.3. The minimum atomic E-state index is 0. The van der Waals surface area contributed by atoms with E-state index < -0.39 is 0 Å². The van der Waals surface area contributed by atoms with Crippen molar-refractivity contribution in [3.8, 4) is 0 Å². The minimum absolute atomic E-state index is 0. The summed E-state index contributed by atoms with van der Waals surface area (Å²) in [6.07, 6.45) is 20.8. The van der Waals surface area contributed by atoms with Crippen LogP contribution >= 0.6 is 0 Å². The van der Waals surface area contributed by atoms with Crippen molar-refractivity contribution in [2.45, 2.75) is 96.8 Å². The third-order valence-electron chi connectivity index (χ3n) is 3.45. The van der Waals surface area contributed by atoms with Crippen molar-refractivity contribution < 1.29 is 31.0 Å². The molecule has 0 amide bonds. The van der Waals surface area contributed by atoms with Crippen molar-refractivity contribution in [3.05, 3.63) is 0 Å². The second kappa shape index (κ2) is 20.0. The zero-order chi connectivity index (χ0) is 12.6. The van der Waals surface area contributed by atoms with Crippen LogP contribution in [0, 0.1) is 5.41 Å². The van der Waals surface area contributed by atoms with E-state index in [1.54, 1.807) is 6.21 Å². The van der Waals surface area contributed by atoms with Gasteiger partial charge >= 0.3 is 29.6 Å². The molecule has 0 rings (SSSR count). The van der Waals surface area contributed by atoms with Gasteiger partial charge in [0.25, 0.3) is 0 Å². The largest absolute Gasteiger partial charge is 1.00 e. The van der Waals surface area contributed by atoms with Crippen molar-refractivity contribution in [2.75, 3.05) is 0 Å². The second-order valence-corrected chi connectivity index (χ2v) is 5.24. The topological polar surface area (TPSA) is 23.9 Å². The van der Waals surface area contributed by atoms with Crippen molar-refractivity contribution in [1.29, 1.82) is 5.41 Å². The van der Waals surface area contributed by atoms with Crippen LogP contribution in [0.1, 0.15) is 98.2 Å². The van der Waals surface area contributed by atoms with E-state index in [1.165, 1.54) is 83.5 Å². The molecule has 0 unspecified atom stereocenters. The van der Waals surface area contributed by atoms with Crippen LogP contribution < -0.4 is 29.6 Å². The van der Waals surface area contributed by atoms with Crippen molar-refractivity contribution in [2.24, 2.45) is 0 Å². The Bertz CT molecular complexity index is 154. The summed E-state index contributed by atoms with van der Waals surface area (Å²) in [7, 11) is 0. The summed E-state index contributed by atoms with van der Waals surface area (Å²) in [5, 5.41) is 6.93. The monoisotopic (exact) mass is 263 g/mol. The first-order chi connectivity index (χ1) is 8.41. The van der Waals surface area contributed by atoms with E-state index >= 15 is 0 Å². The van der Waals surface area contributed by atoms with E-state index in [1.807, 2.05) is 0 Å². The third kappa shape index (κ3) is 19.0. The zero-order valence-electron chi connectivity index (χ0n) is 14.0. The molecule has 18 heavy (non-hydrogen) atoms. The Morgan fingerprint density at radius 1 is 0.667 bits per heavy atom. The number of hydrogen-bond donors (Lipinski definition) is 1. The van der Waals surface area contributed by atoms with Gasteiger partial charge in [-0.15, -0.1) is 0 Å². The summed E-state index contributed by atoms with van der Waals surface area (Å²) in [5.74, 6) is 0. The second-order valence-electron chi connectivity index (χ2n) is 5.24. The molecule has 0 aliphatic heterocycles. The molecular formula is C16H34NNa. The van der Waals surface area contributed by atoms with Crippen molar-refractivity contribution in [1.82, 2.24) is 0 Å². The van der Waals surface area contributed by atoms with E-state index in [2.05, 4.69) is 6.92 Å². The number of nitrogens with one attached hydrogen (secondary N) is 1. The van der Waals surface area contributed by atoms with E-state index in [4.69, 9.17) is 5.41 Å². The van der Waals surface area contributed by atoms with Gasteiger partial charge in [-0.3, -0.25) is 0 Å². The van der Waals surface area contributed by atoms with Gasteiger partial charge in [0.15, 0.2) is 0 Å². The van der Waals surface area contributed by atoms with Gasteiger partial charge in [0.2, 0.25) is 0 Å². The molecule has 2 heteroatoms. The molecule has 0 heterocycles. The predicted octanol–water partition coefficient (Wildman–Crippen LogP) is 3.23. The van der Waals surface area contributed by atoms with Crippen LogP contribution in [-0.4, -0.2) is 6.21 Å². The first-order valence-electron chi connectivity index (χ1n) is 7.90.